The molecule has 0 bridgehead atoms. The molecular weight excluding hydrogens is 388 g/mol. The maximum atomic E-state index is 13.0. The zero-order chi connectivity index (χ0) is 22.0. The van der Waals surface area contributed by atoms with Gasteiger partial charge in [-0.25, -0.2) is 5.43 Å². The molecule has 1 N–H and O–H groups in total. The van der Waals surface area contributed by atoms with Gasteiger partial charge in [-0.2, -0.15) is 14.9 Å². The molecule has 0 aliphatic rings. The predicted molar refractivity (Wildman–Crippen MR) is 123 cm³/mol. The van der Waals surface area contributed by atoms with Crippen LogP contribution in [0.2, 0.25) is 0 Å². The Bertz CT molecular complexity index is 1350. The van der Waals surface area contributed by atoms with Crippen molar-refractivity contribution in [2.45, 2.75) is 20.8 Å². The summed E-state index contributed by atoms with van der Waals surface area (Å²) in [7, 11) is 0. The van der Waals surface area contributed by atoms with Gasteiger partial charge in [0, 0.05) is 10.9 Å². The van der Waals surface area contributed by atoms with E-state index in [1.807, 2.05) is 39.0 Å². The summed E-state index contributed by atoms with van der Waals surface area (Å²) in [6.45, 7) is 6.06. The summed E-state index contributed by atoms with van der Waals surface area (Å²) < 4.78 is 1.25. The first kappa shape index (κ1) is 20.2. The summed E-state index contributed by atoms with van der Waals surface area (Å²) in [6, 6.07) is 20.1. The summed E-state index contributed by atoms with van der Waals surface area (Å²) in [6.07, 6.45) is 1.64. The third kappa shape index (κ3) is 4.00. The average Bonchev–Trinajstić information content (AvgIpc) is 2.76. The molecule has 31 heavy (non-hydrogen) atoms. The van der Waals surface area contributed by atoms with Crippen LogP contribution in [0.3, 0.4) is 0 Å². The van der Waals surface area contributed by atoms with E-state index in [1.165, 1.54) is 10.2 Å². The quantitative estimate of drug-likeness (QED) is 0.407. The zero-order valence-corrected chi connectivity index (χ0v) is 17.6. The lowest BCUT2D eigenvalue weighted by molar-refractivity contribution is 0.0950. The summed E-state index contributed by atoms with van der Waals surface area (Å²) in [5, 5.41) is 9.41. The van der Waals surface area contributed by atoms with Crippen LogP contribution in [0.25, 0.3) is 16.5 Å². The summed E-state index contributed by atoms with van der Waals surface area (Å²) in [4.78, 5) is 25.9. The first-order valence-electron chi connectivity index (χ1n) is 9.94. The minimum absolute atomic E-state index is 0.133. The van der Waals surface area contributed by atoms with Gasteiger partial charge in [0.1, 0.15) is 0 Å². The lowest BCUT2D eigenvalue weighted by atomic mass is 10.0. The van der Waals surface area contributed by atoms with Gasteiger partial charge in [-0.05, 0) is 50.1 Å². The van der Waals surface area contributed by atoms with Crippen LogP contribution in [-0.2, 0) is 0 Å². The molecule has 0 atom stereocenters. The predicted octanol–water partition coefficient (Wildman–Crippen LogP) is 4.07. The van der Waals surface area contributed by atoms with Gasteiger partial charge in [-0.15, -0.1) is 0 Å². The SMILES string of the molecule is Cc1cc(C)c(/C=N\NC(=O)c2nn(-c3ccccc3)c(=O)c3ccccc23)c(C)c1. The molecule has 6 nitrogen and oxygen atoms in total. The van der Waals surface area contributed by atoms with Crippen LogP contribution in [0, 0.1) is 20.8 Å². The third-order valence-corrected chi connectivity index (χ3v) is 5.12. The maximum Gasteiger partial charge on any atom is 0.292 e. The molecule has 1 aromatic heterocycles. The molecule has 1 heterocycles. The van der Waals surface area contributed by atoms with Crippen LogP contribution < -0.4 is 11.0 Å². The molecule has 0 fully saturated rings. The van der Waals surface area contributed by atoms with E-state index in [0.717, 1.165) is 16.7 Å². The molecule has 0 aliphatic heterocycles. The number of carbonyl (C=O) groups excluding carboxylic acids is 1. The molecular formula is C25H22N4O2. The Balaban J connectivity index is 1.73. The van der Waals surface area contributed by atoms with E-state index in [9.17, 15) is 9.59 Å². The molecule has 6 heteroatoms. The van der Waals surface area contributed by atoms with E-state index in [0.29, 0.717) is 16.5 Å². The Morgan fingerprint density at radius 2 is 1.55 bits per heavy atom. The van der Waals surface area contributed by atoms with E-state index < -0.39 is 5.91 Å². The number of nitrogens with zero attached hydrogens (tertiary/aromatic N) is 3. The highest BCUT2D eigenvalue weighted by atomic mass is 16.2. The number of rotatable bonds is 4. The van der Waals surface area contributed by atoms with Crippen molar-refractivity contribution in [3.8, 4) is 5.69 Å². The summed E-state index contributed by atoms with van der Waals surface area (Å²) in [5.74, 6) is -0.487. The van der Waals surface area contributed by atoms with Crippen molar-refractivity contribution >= 4 is 22.9 Å². The van der Waals surface area contributed by atoms with Gasteiger partial charge in [0.2, 0.25) is 0 Å². The van der Waals surface area contributed by atoms with Crippen LogP contribution in [0.15, 0.2) is 76.6 Å². The minimum atomic E-state index is -0.487. The Morgan fingerprint density at radius 1 is 0.935 bits per heavy atom. The number of nitrogens with one attached hydrogen (secondary N) is 1. The number of para-hydroxylation sites is 1. The molecule has 0 unspecified atom stereocenters. The van der Waals surface area contributed by atoms with Gasteiger partial charge in [0.25, 0.3) is 11.5 Å². The second-order valence-electron chi connectivity index (χ2n) is 7.46. The molecule has 0 aliphatic carbocycles. The standard InChI is InChI=1S/C25H22N4O2/c1-16-13-17(2)22(18(3)14-16)15-26-27-24(30)23-20-11-7-8-12-21(20)25(31)29(28-23)19-9-5-4-6-10-19/h4-15H,1-3H3,(H,27,30)/b26-15-. The number of amides is 1. The second-order valence-corrected chi connectivity index (χ2v) is 7.46. The number of benzene rings is 3. The van der Waals surface area contributed by atoms with Crippen molar-refractivity contribution < 1.29 is 4.79 Å². The monoisotopic (exact) mass is 410 g/mol. The maximum absolute atomic E-state index is 13.0. The molecule has 3 aromatic carbocycles. The fourth-order valence-corrected chi connectivity index (χ4v) is 3.70. The third-order valence-electron chi connectivity index (χ3n) is 5.12. The number of fused-ring (bicyclic) bond motifs is 1. The summed E-state index contributed by atoms with van der Waals surface area (Å²) in [5.41, 5.74) is 7.29. The van der Waals surface area contributed by atoms with Crippen molar-refractivity contribution in [3.63, 3.8) is 0 Å². The van der Waals surface area contributed by atoms with Crippen molar-refractivity contribution in [2.24, 2.45) is 5.10 Å². The number of hydrogen-bond donors (Lipinski definition) is 1. The van der Waals surface area contributed by atoms with E-state index in [2.05, 4.69) is 27.8 Å². The highest BCUT2D eigenvalue weighted by molar-refractivity contribution is 6.05. The molecule has 0 saturated heterocycles. The lowest BCUT2D eigenvalue weighted by Gasteiger charge is -2.10. The first-order valence-corrected chi connectivity index (χ1v) is 9.94. The molecule has 0 spiro atoms. The number of aromatic nitrogens is 2. The highest BCUT2D eigenvalue weighted by Crippen LogP contribution is 2.16. The second kappa shape index (κ2) is 8.36. The Labute approximate surface area is 179 Å². The first-order chi connectivity index (χ1) is 15.0. The Morgan fingerprint density at radius 3 is 2.23 bits per heavy atom. The zero-order valence-electron chi connectivity index (χ0n) is 17.6. The van der Waals surface area contributed by atoms with Crippen molar-refractivity contribution in [1.82, 2.24) is 15.2 Å². The minimum Gasteiger partial charge on any atom is -0.267 e. The fourth-order valence-electron chi connectivity index (χ4n) is 3.70. The van der Waals surface area contributed by atoms with E-state index in [1.54, 1.807) is 42.6 Å². The molecule has 4 aromatic rings. The Kier molecular flexibility index (Phi) is 5.45. The number of aryl methyl sites for hydroxylation is 3. The fraction of sp³-hybridized carbons (Fsp3) is 0.120. The van der Waals surface area contributed by atoms with Gasteiger partial charge >= 0.3 is 0 Å². The van der Waals surface area contributed by atoms with Crippen LogP contribution in [0.5, 0.6) is 0 Å². The van der Waals surface area contributed by atoms with Crippen LogP contribution in [-0.4, -0.2) is 21.9 Å². The topological polar surface area (TPSA) is 76.3 Å². The van der Waals surface area contributed by atoms with Crippen molar-refractivity contribution in [1.29, 1.82) is 0 Å². The molecule has 4 rings (SSSR count). The highest BCUT2D eigenvalue weighted by Gasteiger charge is 2.17. The van der Waals surface area contributed by atoms with Gasteiger partial charge in [-0.3, -0.25) is 9.59 Å². The van der Waals surface area contributed by atoms with Crippen molar-refractivity contribution in [3.05, 3.63) is 105 Å². The van der Waals surface area contributed by atoms with Crippen LogP contribution in [0.1, 0.15) is 32.7 Å². The van der Waals surface area contributed by atoms with Crippen LogP contribution in [0.4, 0.5) is 0 Å². The molecule has 1 amide bonds. The number of hydrogen-bond acceptors (Lipinski definition) is 4. The van der Waals surface area contributed by atoms with Gasteiger partial charge in [0.05, 0.1) is 17.3 Å². The normalized spacial score (nSPS) is 11.2. The lowest BCUT2D eigenvalue weighted by Crippen LogP contribution is -2.28. The number of hydrazone groups is 1. The smallest absolute Gasteiger partial charge is 0.267 e. The van der Waals surface area contributed by atoms with Gasteiger partial charge in [-0.1, -0.05) is 54.1 Å². The van der Waals surface area contributed by atoms with Gasteiger partial charge < -0.3 is 0 Å². The van der Waals surface area contributed by atoms with Crippen LogP contribution >= 0.6 is 0 Å². The largest absolute Gasteiger partial charge is 0.292 e. The Hall–Kier alpha value is -4.06. The van der Waals surface area contributed by atoms with E-state index in [4.69, 9.17) is 0 Å². The van der Waals surface area contributed by atoms with E-state index >= 15 is 0 Å². The number of carbonyl (C=O) groups is 1. The van der Waals surface area contributed by atoms with Gasteiger partial charge in [0.15, 0.2) is 5.69 Å². The molecule has 0 saturated carbocycles. The average molecular weight is 410 g/mol. The molecule has 0 radical (unpaired) electrons. The van der Waals surface area contributed by atoms with E-state index in [-0.39, 0.29) is 11.3 Å². The summed E-state index contributed by atoms with van der Waals surface area (Å²) >= 11 is 0. The van der Waals surface area contributed by atoms with Crippen molar-refractivity contribution in [2.75, 3.05) is 0 Å². The molecule has 154 valence electrons.